The van der Waals surface area contributed by atoms with Crippen molar-refractivity contribution in [3.05, 3.63) is 125 Å². The van der Waals surface area contributed by atoms with E-state index < -0.39 is 0 Å². The van der Waals surface area contributed by atoms with E-state index in [9.17, 15) is 0 Å². The summed E-state index contributed by atoms with van der Waals surface area (Å²) in [5.74, 6) is 2.38. The van der Waals surface area contributed by atoms with Gasteiger partial charge in [0.25, 0.3) is 0 Å². The van der Waals surface area contributed by atoms with Crippen molar-refractivity contribution in [1.82, 2.24) is 19.5 Å². The lowest BCUT2D eigenvalue weighted by molar-refractivity contribution is 0.742. The Hall–Kier alpha value is -4.31. The van der Waals surface area contributed by atoms with Crippen molar-refractivity contribution in [3.63, 3.8) is 0 Å². The SMILES string of the molecule is Cc1nc(Cc2ccc3c(c2)-c2ccccc2C3)nc(Cn2c3ccccc3c3ccccc32)n1. The fraction of sp³-hybridized carbons (Fsp3) is 0.129. The number of fused-ring (bicyclic) bond motifs is 6. The van der Waals surface area contributed by atoms with Crippen LogP contribution in [0.4, 0.5) is 0 Å². The van der Waals surface area contributed by atoms with Gasteiger partial charge in [0.15, 0.2) is 5.82 Å². The first-order valence-electron chi connectivity index (χ1n) is 12.1. The number of benzene rings is 4. The highest BCUT2D eigenvalue weighted by atomic mass is 15.1. The van der Waals surface area contributed by atoms with Crippen LogP contribution in [0.3, 0.4) is 0 Å². The molecule has 0 amide bonds. The molecule has 168 valence electrons. The molecule has 0 unspecified atom stereocenters. The predicted octanol–water partition coefficient (Wildman–Crippen LogP) is 6.50. The number of aryl methyl sites for hydroxylation is 1. The van der Waals surface area contributed by atoms with E-state index in [-0.39, 0.29) is 0 Å². The first kappa shape index (κ1) is 20.1. The normalized spacial score (nSPS) is 12.3. The Morgan fingerprint density at radius 3 is 2.11 bits per heavy atom. The number of hydrogen-bond donors (Lipinski definition) is 0. The molecule has 4 nitrogen and oxygen atoms in total. The van der Waals surface area contributed by atoms with Gasteiger partial charge in [-0.3, -0.25) is 0 Å². The molecule has 0 fully saturated rings. The number of nitrogens with zero attached hydrogens (tertiary/aromatic N) is 4. The summed E-state index contributed by atoms with van der Waals surface area (Å²) in [4.78, 5) is 14.3. The average molecular weight is 453 g/mol. The lowest BCUT2D eigenvalue weighted by Gasteiger charge is -2.10. The second-order valence-electron chi connectivity index (χ2n) is 9.34. The van der Waals surface area contributed by atoms with E-state index in [4.69, 9.17) is 9.97 Å². The lowest BCUT2D eigenvalue weighted by atomic mass is 10.0. The second kappa shape index (κ2) is 7.88. The molecule has 0 spiro atoms. The summed E-state index contributed by atoms with van der Waals surface area (Å²) in [6.07, 6.45) is 1.71. The highest BCUT2D eigenvalue weighted by Crippen LogP contribution is 2.37. The third-order valence-corrected chi connectivity index (χ3v) is 7.04. The first-order valence-corrected chi connectivity index (χ1v) is 12.1. The Balaban J connectivity index is 1.25. The van der Waals surface area contributed by atoms with Gasteiger partial charge in [-0.15, -0.1) is 0 Å². The molecule has 4 heteroatoms. The molecule has 2 heterocycles. The fourth-order valence-corrected chi connectivity index (χ4v) is 5.53. The van der Waals surface area contributed by atoms with Gasteiger partial charge in [-0.1, -0.05) is 78.9 Å². The van der Waals surface area contributed by atoms with Crippen molar-refractivity contribution >= 4 is 21.8 Å². The minimum atomic E-state index is 0.613. The van der Waals surface area contributed by atoms with E-state index in [1.54, 1.807) is 0 Å². The number of rotatable bonds is 4. The van der Waals surface area contributed by atoms with Gasteiger partial charge in [-0.2, -0.15) is 0 Å². The maximum absolute atomic E-state index is 4.91. The minimum absolute atomic E-state index is 0.613. The molecular weight excluding hydrogens is 428 g/mol. The van der Waals surface area contributed by atoms with Crippen LogP contribution in [0, 0.1) is 6.92 Å². The molecule has 6 aromatic rings. The summed E-state index contributed by atoms with van der Waals surface area (Å²) in [5, 5.41) is 2.51. The zero-order chi connectivity index (χ0) is 23.4. The van der Waals surface area contributed by atoms with Crippen LogP contribution in [0.15, 0.2) is 91.0 Å². The molecule has 2 aromatic heterocycles. The van der Waals surface area contributed by atoms with Gasteiger partial charge in [0.1, 0.15) is 11.6 Å². The first-order chi connectivity index (χ1) is 17.2. The Morgan fingerprint density at radius 2 is 1.31 bits per heavy atom. The Morgan fingerprint density at radius 1 is 0.657 bits per heavy atom. The summed E-state index contributed by atoms with van der Waals surface area (Å²) < 4.78 is 2.32. The maximum Gasteiger partial charge on any atom is 0.152 e. The van der Waals surface area contributed by atoms with Crippen LogP contribution in [0.1, 0.15) is 34.2 Å². The van der Waals surface area contributed by atoms with Gasteiger partial charge in [-0.25, -0.2) is 15.0 Å². The highest BCUT2D eigenvalue weighted by Gasteiger charge is 2.18. The molecule has 0 aliphatic heterocycles. The monoisotopic (exact) mass is 452 g/mol. The predicted molar refractivity (Wildman–Crippen MR) is 141 cm³/mol. The van der Waals surface area contributed by atoms with Gasteiger partial charge in [0, 0.05) is 28.2 Å². The van der Waals surface area contributed by atoms with Gasteiger partial charge in [-0.05, 0) is 53.3 Å². The molecule has 0 N–H and O–H groups in total. The largest absolute Gasteiger partial charge is 0.333 e. The summed E-state index contributed by atoms with van der Waals surface area (Å²) in [6, 6.07) is 32.6. The molecule has 4 aromatic carbocycles. The number of aromatic nitrogens is 4. The van der Waals surface area contributed by atoms with E-state index in [1.165, 1.54) is 49.6 Å². The quantitative estimate of drug-likeness (QED) is 0.306. The zero-order valence-electron chi connectivity index (χ0n) is 19.6. The molecule has 1 aliphatic rings. The van der Waals surface area contributed by atoms with Crippen molar-refractivity contribution in [2.75, 3.05) is 0 Å². The standard InChI is InChI=1S/C31H24N4/c1-20-32-30(17-21-14-15-23-18-22-8-2-3-9-24(22)27(23)16-21)34-31(33-20)19-35-28-12-6-4-10-25(28)26-11-5-7-13-29(26)35/h2-16H,17-19H2,1H3. The summed E-state index contributed by atoms with van der Waals surface area (Å²) in [6.45, 7) is 2.57. The topological polar surface area (TPSA) is 43.6 Å². The zero-order valence-corrected chi connectivity index (χ0v) is 19.6. The molecule has 0 bridgehead atoms. The molecule has 0 radical (unpaired) electrons. The van der Waals surface area contributed by atoms with E-state index in [2.05, 4.69) is 101 Å². The van der Waals surface area contributed by atoms with E-state index >= 15 is 0 Å². The molecule has 0 atom stereocenters. The summed E-state index contributed by atoms with van der Waals surface area (Å²) in [7, 11) is 0. The highest BCUT2D eigenvalue weighted by molar-refractivity contribution is 6.08. The molecule has 35 heavy (non-hydrogen) atoms. The van der Waals surface area contributed by atoms with Crippen LogP contribution < -0.4 is 0 Å². The Kier molecular flexibility index (Phi) is 4.52. The van der Waals surface area contributed by atoms with E-state index in [1.807, 2.05) is 6.92 Å². The smallest absolute Gasteiger partial charge is 0.152 e. The van der Waals surface area contributed by atoms with Crippen LogP contribution in [-0.4, -0.2) is 19.5 Å². The third-order valence-electron chi connectivity index (χ3n) is 7.04. The van der Waals surface area contributed by atoms with Crippen LogP contribution in [0.25, 0.3) is 32.9 Å². The summed E-state index contributed by atoms with van der Waals surface area (Å²) >= 11 is 0. The van der Waals surface area contributed by atoms with Crippen molar-refractivity contribution < 1.29 is 0 Å². The van der Waals surface area contributed by atoms with Gasteiger partial charge in [0.05, 0.1) is 6.54 Å². The van der Waals surface area contributed by atoms with Crippen molar-refractivity contribution in [2.45, 2.75) is 26.3 Å². The van der Waals surface area contributed by atoms with Gasteiger partial charge >= 0.3 is 0 Å². The van der Waals surface area contributed by atoms with Crippen LogP contribution in [0.2, 0.25) is 0 Å². The lowest BCUT2D eigenvalue weighted by Crippen LogP contribution is -2.10. The van der Waals surface area contributed by atoms with Crippen molar-refractivity contribution in [3.8, 4) is 11.1 Å². The fourth-order valence-electron chi connectivity index (χ4n) is 5.53. The molecule has 0 saturated carbocycles. The maximum atomic E-state index is 4.91. The van der Waals surface area contributed by atoms with Crippen molar-refractivity contribution in [1.29, 1.82) is 0 Å². The minimum Gasteiger partial charge on any atom is -0.333 e. The van der Waals surface area contributed by atoms with Crippen LogP contribution in [-0.2, 0) is 19.4 Å². The Bertz CT molecular complexity index is 1690. The Labute approximate surface area is 203 Å². The van der Waals surface area contributed by atoms with E-state index in [0.29, 0.717) is 13.0 Å². The van der Waals surface area contributed by atoms with Gasteiger partial charge < -0.3 is 4.57 Å². The van der Waals surface area contributed by atoms with E-state index in [0.717, 1.165) is 23.9 Å². The molecular formula is C31H24N4. The number of hydrogen-bond acceptors (Lipinski definition) is 3. The van der Waals surface area contributed by atoms with Crippen LogP contribution in [0.5, 0.6) is 0 Å². The molecule has 1 aliphatic carbocycles. The second-order valence-corrected chi connectivity index (χ2v) is 9.34. The molecule has 7 rings (SSSR count). The molecule has 0 saturated heterocycles. The van der Waals surface area contributed by atoms with Gasteiger partial charge in [0.2, 0.25) is 0 Å². The van der Waals surface area contributed by atoms with Crippen LogP contribution >= 0.6 is 0 Å². The average Bonchev–Trinajstić information content (AvgIpc) is 3.40. The van der Waals surface area contributed by atoms with Crippen molar-refractivity contribution in [2.24, 2.45) is 0 Å². The third kappa shape index (κ3) is 3.41. The summed E-state index contributed by atoms with van der Waals surface area (Å²) in [5.41, 5.74) is 9.13. The number of para-hydroxylation sites is 2.